The van der Waals surface area contributed by atoms with E-state index in [9.17, 15) is 10.1 Å². The predicted octanol–water partition coefficient (Wildman–Crippen LogP) is -0.315. The molecular weight excluding hydrogens is 248 g/mol. The Balaban J connectivity index is 3.09. The van der Waals surface area contributed by atoms with E-state index in [1.54, 1.807) is 19.9 Å². The van der Waals surface area contributed by atoms with Crippen LogP contribution in [-0.4, -0.2) is 4.57 Å². The van der Waals surface area contributed by atoms with Crippen LogP contribution in [0.25, 0.3) is 17.5 Å². The molecule has 5 nitrogen and oxygen atoms in total. The molecule has 1 aliphatic heterocycles. The molecule has 0 bridgehead atoms. The van der Waals surface area contributed by atoms with Crippen molar-refractivity contribution in [2.24, 2.45) is 11.7 Å². The molecule has 0 aliphatic carbocycles. The number of fused-ring (bicyclic) bond motifs is 1. The summed E-state index contributed by atoms with van der Waals surface area (Å²) in [6.45, 7) is 3.49. The van der Waals surface area contributed by atoms with Crippen molar-refractivity contribution >= 4 is 28.8 Å². The quantitative estimate of drug-likeness (QED) is 0.690. The molecule has 1 aliphatic rings. The Labute approximate surface area is 107 Å². The van der Waals surface area contributed by atoms with Crippen molar-refractivity contribution in [2.45, 2.75) is 13.8 Å². The van der Waals surface area contributed by atoms with E-state index in [-0.39, 0.29) is 22.9 Å². The predicted molar refractivity (Wildman–Crippen MR) is 69.2 cm³/mol. The molecule has 2 N–H and O–H groups in total. The van der Waals surface area contributed by atoms with Gasteiger partial charge in [-0.05, 0) is 6.92 Å². The van der Waals surface area contributed by atoms with Gasteiger partial charge in [0.25, 0.3) is 5.56 Å². The molecule has 1 aromatic rings. The summed E-state index contributed by atoms with van der Waals surface area (Å²) < 4.78 is 2.31. The van der Waals surface area contributed by atoms with Crippen LogP contribution in [0.3, 0.4) is 0 Å². The maximum absolute atomic E-state index is 12.1. The van der Waals surface area contributed by atoms with Gasteiger partial charge in [-0.25, -0.2) is 0 Å². The third-order valence-corrected chi connectivity index (χ3v) is 4.17. The van der Waals surface area contributed by atoms with Crippen LogP contribution in [-0.2, 0) is 0 Å². The summed E-state index contributed by atoms with van der Waals surface area (Å²) in [7, 11) is 0. The monoisotopic (exact) mass is 258 g/mol. The third kappa shape index (κ3) is 1.40. The van der Waals surface area contributed by atoms with Crippen molar-refractivity contribution in [2.75, 3.05) is 0 Å². The van der Waals surface area contributed by atoms with Gasteiger partial charge in [-0.1, -0.05) is 13.0 Å². The first-order valence-electron chi connectivity index (χ1n) is 5.29. The molecule has 0 saturated heterocycles. The zero-order chi connectivity index (χ0) is 13.4. The van der Waals surface area contributed by atoms with Gasteiger partial charge in [0, 0.05) is 5.92 Å². The highest BCUT2D eigenvalue weighted by Crippen LogP contribution is 2.24. The maximum Gasteiger partial charge on any atom is 0.274 e. The highest BCUT2D eigenvalue weighted by molar-refractivity contribution is 7.07. The molecule has 0 radical (unpaired) electrons. The zero-order valence-corrected chi connectivity index (χ0v) is 10.7. The van der Waals surface area contributed by atoms with Crippen LogP contribution in [0.2, 0.25) is 0 Å². The molecule has 90 valence electrons. The summed E-state index contributed by atoms with van der Waals surface area (Å²) in [4.78, 5) is 12.1. The molecule has 2 heterocycles. The van der Waals surface area contributed by atoms with Gasteiger partial charge in [0.15, 0.2) is 0 Å². The molecule has 2 rings (SSSR count). The zero-order valence-electron chi connectivity index (χ0n) is 9.89. The van der Waals surface area contributed by atoms with Crippen molar-refractivity contribution < 1.29 is 0 Å². The van der Waals surface area contributed by atoms with Crippen LogP contribution in [0.5, 0.6) is 0 Å². The van der Waals surface area contributed by atoms with Gasteiger partial charge in [-0.15, -0.1) is 11.3 Å². The first-order chi connectivity index (χ1) is 8.56. The molecule has 1 unspecified atom stereocenters. The number of allylic oxidation sites excluding steroid dienone is 1. The summed E-state index contributed by atoms with van der Waals surface area (Å²) in [6, 6.07) is 4.05. The van der Waals surface area contributed by atoms with E-state index in [1.165, 1.54) is 15.9 Å². The van der Waals surface area contributed by atoms with Gasteiger partial charge in [-0.3, -0.25) is 9.36 Å². The number of nitrogens with zero attached hydrogens (tertiary/aromatic N) is 3. The molecule has 0 fully saturated rings. The van der Waals surface area contributed by atoms with E-state index in [0.717, 1.165) is 0 Å². The number of thiazole rings is 1. The Hall–Kier alpha value is -2.31. The Bertz CT molecular complexity index is 810. The van der Waals surface area contributed by atoms with Crippen molar-refractivity contribution in [1.82, 2.24) is 4.57 Å². The molecule has 0 amide bonds. The number of hydrogen-bond donors (Lipinski definition) is 1. The van der Waals surface area contributed by atoms with Gasteiger partial charge >= 0.3 is 0 Å². The Morgan fingerprint density at radius 2 is 2.00 bits per heavy atom. The lowest BCUT2D eigenvalue weighted by molar-refractivity contribution is 0.843. The minimum Gasteiger partial charge on any atom is -0.384 e. The Morgan fingerprint density at radius 3 is 2.50 bits per heavy atom. The van der Waals surface area contributed by atoms with Crippen LogP contribution in [0, 0.1) is 28.6 Å². The summed E-state index contributed by atoms with van der Waals surface area (Å²) in [6.07, 6.45) is 1.68. The van der Waals surface area contributed by atoms with E-state index in [2.05, 4.69) is 6.07 Å². The second-order valence-corrected chi connectivity index (χ2v) is 4.89. The number of aromatic nitrogens is 1. The van der Waals surface area contributed by atoms with E-state index in [0.29, 0.717) is 14.8 Å². The normalized spacial score (nSPS) is 19.4. The van der Waals surface area contributed by atoms with Crippen molar-refractivity contribution in [3.63, 3.8) is 0 Å². The first-order valence-corrected chi connectivity index (χ1v) is 6.11. The molecule has 1 atom stereocenters. The maximum atomic E-state index is 12.1. The molecule has 1 aromatic heterocycles. The first kappa shape index (κ1) is 12.2. The van der Waals surface area contributed by atoms with E-state index in [4.69, 9.17) is 11.0 Å². The smallest absolute Gasteiger partial charge is 0.274 e. The summed E-state index contributed by atoms with van der Waals surface area (Å²) in [5, 5.41) is 18.3. The number of rotatable bonds is 0. The summed E-state index contributed by atoms with van der Waals surface area (Å²) in [5.74, 6) is -0.240. The van der Waals surface area contributed by atoms with Crippen molar-refractivity contribution in [1.29, 1.82) is 10.5 Å². The second kappa shape index (κ2) is 4.17. The largest absolute Gasteiger partial charge is 0.384 e. The molecular formula is C12H10N4OS. The van der Waals surface area contributed by atoms with Crippen molar-refractivity contribution in [3.8, 4) is 12.1 Å². The molecule has 0 aromatic carbocycles. The second-order valence-electron chi connectivity index (χ2n) is 3.86. The van der Waals surface area contributed by atoms with E-state index >= 15 is 0 Å². The van der Waals surface area contributed by atoms with Crippen LogP contribution >= 0.6 is 11.3 Å². The Kier molecular flexibility index (Phi) is 2.82. The number of nitrogens with two attached hydrogens (primary N) is 1. The van der Waals surface area contributed by atoms with Crippen LogP contribution in [0.4, 0.5) is 0 Å². The lowest BCUT2D eigenvalue weighted by Gasteiger charge is -2.17. The van der Waals surface area contributed by atoms with Crippen LogP contribution < -0.4 is 20.5 Å². The van der Waals surface area contributed by atoms with Gasteiger partial charge < -0.3 is 5.73 Å². The van der Waals surface area contributed by atoms with Crippen LogP contribution in [0.1, 0.15) is 13.8 Å². The molecule has 18 heavy (non-hydrogen) atoms. The molecule has 0 spiro atoms. The standard InChI is InChI=1S/C12H10N4OS/c1-3-9-11(17)16-10(15)7(4-13)6(2)8(5-14)12(16)18-9/h3,6H,15H2,1-2H3. The highest BCUT2D eigenvalue weighted by Gasteiger charge is 2.27. The fourth-order valence-corrected chi connectivity index (χ4v) is 3.05. The molecule has 6 heteroatoms. The number of nitriles is 2. The Morgan fingerprint density at radius 1 is 1.39 bits per heavy atom. The summed E-state index contributed by atoms with van der Waals surface area (Å²) in [5.41, 5.74) is 6.27. The lowest BCUT2D eigenvalue weighted by atomic mass is 9.93. The van der Waals surface area contributed by atoms with E-state index in [1.807, 2.05) is 6.07 Å². The van der Waals surface area contributed by atoms with Gasteiger partial charge in [0.05, 0.1) is 27.8 Å². The number of hydrogen-bond acceptors (Lipinski definition) is 5. The lowest BCUT2D eigenvalue weighted by Crippen LogP contribution is -2.38. The van der Waals surface area contributed by atoms with Gasteiger partial charge in [0.2, 0.25) is 0 Å². The minimum atomic E-state index is -0.372. The minimum absolute atomic E-state index is 0.133. The van der Waals surface area contributed by atoms with Crippen LogP contribution in [0.15, 0.2) is 10.4 Å². The average molecular weight is 258 g/mol. The van der Waals surface area contributed by atoms with Gasteiger partial charge in [0.1, 0.15) is 10.5 Å². The molecule has 0 saturated carbocycles. The fourth-order valence-electron chi connectivity index (χ4n) is 1.94. The van der Waals surface area contributed by atoms with E-state index < -0.39 is 0 Å². The van der Waals surface area contributed by atoms with Crippen molar-refractivity contribution in [3.05, 3.63) is 25.1 Å². The average Bonchev–Trinajstić information content (AvgIpc) is 2.68. The topological polar surface area (TPSA) is 95.6 Å². The summed E-state index contributed by atoms with van der Waals surface area (Å²) >= 11 is 1.23. The SMILES string of the molecule is CC=c1sc2n(c1=O)C(N)=C(C#N)C(C)C=2C#N. The highest BCUT2D eigenvalue weighted by atomic mass is 32.1. The fraction of sp³-hybridized carbons (Fsp3) is 0.250. The third-order valence-electron chi connectivity index (χ3n) is 2.94. The van der Waals surface area contributed by atoms with Gasteiger partial charge in [-0.2, -0.15) is 10.5 Å².